The minimum Gasteiger partial charge on any atom is -0.329 e. The Hall–Kier alpha value is 0.600. The van der Waals surface area contributed by atoms with Crippen LogP contribution in [0.1, 0.15) is 6.92 Å². The Labute approximate surface area is 50.1 Å². The molecule has 40 valence electrons. The van der Waals surface area contributed by atoms with Gasteiger partial charge in [0.15, 0.2) is 0 Å². The van der Waals surface area contributed by atoms with E-state index in [9.17, 15) is 0 Å². The first-order valence-corrected chi connectivity index (χ1v) is 2.17. The fourth-order valence-electron chi connectivity index (χ4n) is 0. The Morgan fingerprint density at radius 1 is 1.83 bits per heavy atom. The van der Waals surface area contributed by atoms with Crippen molar-refractivity contribution < 1.29 is 0 Å². The van der Waals surface area contributed by atoms with E-state index in [1.54, 1.807) is 0 Å². The van der Waals surface area contributed by atoms with Gasteiger partial charge in [-0.25, -0.2) is 0 Å². The monoisotopic (exact) mass is 127 g/mol. The van der Waals surface area contributed by atoms with Gasteiger partial charge in [0.2, 0.25) is 0 Å². The summed E-state index contributed by atoms with van der Waals surface area (Å²) >= 11 is 3.97. The fourth-order valence-corrected chi connectivity index (χ4v) is 0. The van der Waals surface area contributed by atoms with Crippen LogP contribution in [0.15, 0.2) is 0 Å². The highest BCUT2D eigenvalue weighted by molar-refractivity contribution is 7.80. The van der Waals surface area contributed by atoms with Crippen LogP contribution in [0.5, 0.6) is 0 Å². The van der Waals surface area contributed by atoms with E-state index in [1.807, 2.05) is 6.92 Å². The zero-order valence-corrected chi connectivity index (χ0v) is 5.43. The van der Waals surface area contributed by atoms with Crippen LogP contribution in [0.2, 0.25) is 0 Å². The summed E-state index contributed by atoms with van der Waals surface area (Å²) in [5, 5.41) is 0.356. The number of nitrogens with two attached hydrogens (primary N) is 1. The molecule has 0 rings (SSSR count). The van der Waals surface area contributed by atoms with Gasteiger partial charge in [-0.05, 0) is 0 Å². The van der Waals surface area contributed by atoms with Gasteiger partial charge < -0.3 is 5.73 Å². The molecule has 0 aromatic carbocycles. The molecule has 1 nitrogen and oxygen atoms in total. The second-order valence-electron chi connectivity index (χ2n) is 1.08. The van der Waals surface area contributed by atoms with E-state index in [0.29, 0.717) is 11.8 Å². The third-order valence-corrected chi connectivity index (χ3v) is 0.552. The molecule has 0 amide bonds. The zero-order chi connectivity index (χ0) is 4.28. The number of hydrogen-bond donors (Lipinski definition) is 2. The topological polar surface area (TPSA) is 26.0 Å². The Balaban J connectivity index is 0. The minimum atomic E-state index is 0. The van der Waals surface area contributed by atoms with Gasteiger partial charge in [-0.15, -0.1) is 12.4 Å². The quantitative estimate of drug-likeness (QED) is 0.498. The lowest BCUT2D eigenvalue weighted by Gasteiger charge is -1.90. The summed E-state index contributed by atoms with van der Waals surface area (Å²) in [5.74, 6) is 0. The SMILES string of the molecule is C[C@@H](S)CN.Cl. The second kappa shape index (κ2) is 5.60. The molecule has 0 aromatic heterocycles. The van der Waals surface area contributed by atoms with E-state index in [0.717, 1.165) is 0 Å². The smallest absolute Gasteiger partial charge is 0.0111 e. The number of halogens is 1. The molecular weight excluding hydrogens is 118 g/mol. The van der Waals surface area contributed by atoms with Crippen molar-refractivity contribution in [2.75, 3.05) is 6.54 Å². The Morgan fingerprint density at radius 2 is 2.00 bits per heavy atom. The first kappa shape index (κ1) is 9.78. The van der Waals surface area contributed by atoms with Gasteiger partial charge in [0.05, 0.1) is 0 Å². The van der Waals surface area contributed by atoms with E-state index < -0.39 is 0 Å². The van der Waals surface area contributed by atoms with Gasteiger partial charge in [-0.3, -0.25) is 0 Å². The lowest BCUT2D eigenvalue weighted by molar-refractivity contribution is 0.959. The first-order chi connectivity index (χ1) is 2.27. The molecule has 0 aromatic rings. The predicted molar refractivity (Wildman–Crippen MR) is 34.8 cm³/mol. The molecule has 0 aliphatic heterocycles. The molecule has 0 spiro atoms. The molecule has 0 saturated carbocycles. The van der Waals surface area contributed by atoms with Gasteiger partial charge in [0.25, 0.3) is 0 Å². The van der Waals surface area contributed by atoms with E-state index in [-0.39, 0.29) is 12.4 Å². The molecular formula is C3H10ClNS. The van der Waals surface area contributed by atoms with Crippen LogP contribution in [0.4, 0.5) is 0 Å². The Kier molecular flexibility index (Phi) is 9.13. The van der Waals surface area contributed by atoms with E-state index >= 15 is 0 Å². The predicted octanol–water partition coefficient (Wildman–Crippen LogP) is 0.685. The van der Waals surface area contributed by atoms with Gasteiger partial charge in [-0.1, -0.05) is 6.92 Å². The third-order valence-electron chi connectivity index (χ3n) is 0.341. The lowest BCUT2D eigenvalue weighted by atomic mass is 10.5. The van der Waals surface area contributed by atoms with Crippen LogP contribution in [0.3, 0.4) is 0 Å². The van der Waals surface area contributed by atoms with Crippen molar-refractivity contribution in [2.45, 2.75) is 12.2 Å². The molecule has 1 atom stereocenters. The maximum Gasteiger partial charge on any atom is 0.0111 e. The van der Waals surface area contributed by atoms with Crippen molar-refractivity contribution in [2.24, 2.45) is 5.73 Å². The highest BCUT2D eigenvalue weighted by atomic mass is 35.5. The molecule has 0 bridgehead atoms. The van der Waals surface area contributed by atoms with E-state index in [4.69, 9.17) is 5.73 Å². The van der Waals surface area contributed by atoms with Crippen LogP contribution in [0, 0.1) is 0 Å². The molecule has 0 radical (unpaired) electrons. The number of rotatable bonds is 1. The van der Waals surface area contributed by atoms with Gasteiger partial charge in [0, 0.05) is 11.8 Å². The van der Waals surface area contributed by atoms with Gasteiger partial charge >= 0.3 is 0 Å². The summed E-state index contributed by atoms with van der Waals surface area (Å²) < 4.78 is 0. The molecule has 0 aliphatic rings. The summed E-state index contributed by atoms with van der Waals surface area (Å²) in [6, 6.07) is 0. The van der Waals surface area contributed by atoms with Crippen LogP contribution in [-0.4, -0.2) is 11.8 Å². The molecule has 0 saturated heterocycles. The highest BCUT2D eigenvalue weighted by Crippen LogP contribution is 1.83. The highest BCUT2D eigenvalue weighted by Gasteiger charge is 1.81. The standard InChI is InChI=1S/C3H9NS.ClH/c1-3(5)2-4;/h3,5H,2,4H2,1H3;1H/t3-;/m1./s1. The molecule has 0 unspecified atom stereocenters. The van der Waals surface area contributed by atoms with Crippen LogP contribution >= 0.6 is 25.0 Å². The Bertz CT molecular complexity index is 24.8. The molecule has 0 heterocycles. The first-order valence-electron chi connectivity index (χ1n) is 1.65. The summed E-state index contributed by atoms with van der Waals surface area (Å²) in [7, 11) is 0. The lowest BCUT2D eigenvalue weighted by Crippen LogP contribution is -2.08. The van der Waals surface area contributed by atoms with Gasteiger partial charge in [0.1, 0.15) is 0 Å². The number of thiol groups is 1. The number of hydrogen-bond acceptors (Lipinski definition) is 2. The molecule has 6 heavy (non-hydrogen) atoms. The largest absolute Gasteiger partial charge is 0.329 e. The molecule has 0 fully saturated rings. The van der Waals surface area contributed by atoms with Crippen molar-refractivity contribution in [3.8, 4) is 0 Å². The molecule has 3 heteroatoms. The van der Waals surface area contributed by atoms with Crippen molar-refractivity contribution in [1.29, 1.82) is 0 Å². The van der Waals surface area contributed by atoms with E-state index in [1.165, 1.54) is 0 Å². The Morgan fingerprint density at radius 3 is 2.00 bits per heavy atom. The average Bonchev–Trinajstić information content (AvgIpc) is 1.38. The van der Waals surface area contributed by atoms with E-state index in [2.05, 4.69) is 12.6 Å². The van der Waals surface area contributed by atoms with Crippen molar-refractivity contribution in [3.05, 3.63) is 0 Å². The summed E-state index contributed by atoms with van der Waals surface area (Å²) in [4.78, 5) is 0. The molecule has 2 N–H and O–H groups in total. The van der Waals surface area contributed by atoms with Crippen LogP contribution in [-0.2, 0) is 0 Å². The van der Waals surface area contributed by atoms with Crippen LogP contribution in [0.25, 0.3) is 0 Å². The van der Waals surface area contributed by atoms with Gasteiger partial charge in [-0.2, -0.15) is 12.6 Å². The summed E-state index contributed by atoms with van der Waals surface area (Å²) in [6.45, 7) is 2.63. The van der Waals surface area contributed by atoms with Crippen molar-refractivity contribution in [3.63, 3.8) is 0 Å². The molecule has 0 aliphatic carbocycles. The van der Waals surface area contributed by atoms with Crippen LogP contribution < -0.4 is 5.73 Å². The normalized spacial score (nSPS) is 12.5. The minimum absolute atomic E-state index is 0. The summed E-state index contributed by atoms with van der Waals surface area (Å²) in [5.41, 5.74) is 5.09. The maximum atomic E-state index is 5.09. The zero-order valence-electron chi connectivity index (χ0n) is 3.72. The van der Waals surface area contributed by atoms with Crippen molar-refractivity contribution >= 4 is 25.0 Å². The second-order valence-corrected chi connectivity index (χ2v) is 1.97. The van der Waals surface area contributed by atoms with Crippen molar-refractivity contribution in [1.82, 2.24) is 0 Å². The average molecular weight is 128 g/mol. The third kappa shape index (κ3) is 8.82. The fraction of sp³-hybridized carbons (Fsp3) is 1.00. The maximum absolute atomic E-state index is 5.09. The summed E-state index contributed by atoms with van der Waals surface area (Å²) in [6.07, 6.45) is 0.